The van der Waals surface area contributed by atoms with Gasteiger partial charge in [0.25, 0.3) is 0 Å². The maximum atomic E-state index is 11.3. The number of rotatable bonds is 7. The summed E-state index contributed by atoms with van der Waals surface area (Å²) in [6.45, 7) is 9.03. The first-order valence-corrected chi connectivity index (χ1v) is 5.70. The normalized spacial score (nSPS) is 12.5. The highest BCUT2D eigenvalue weighted by atomic mass is 32.1. The van der Waals surface area contributed by atoms with E-state index in [9.17, 15) is 4.79 Å². The van der Waals surface area contributed by atoms with Gasteiger partial charge in [0.1, 0.15) is 0 Å². The summed E-state index contributed by atoms with van der Waals surface area (Å²) in [4.78, 5) is 13.8. The van der Waals surface area contributed by atoms with Crippen LogP contribution in [-0.4, -0.2) is 41.5 Å². The summed E-state index contributed by atoms with van der Waals surface area (Å²) in [7, 11) is 0. The summed E-state index contributed by atoms with van der Waals surface area (Å²) in [5, 5.41) is 2.86. The number of carbonyl (C=O) groups is 1. The van der Waals surface area contributed by atoms with Crippen molar-refractivity contribution in [1.82, 2.24) is 10.2 Å². The van der Waals surface area contributed by atoms with Crippen molar-refractivity contribution in [3.8, 4) is 0 Å². The molecule has 15 heavy (non-hydrogen) atoms. The number of carbonyl (C=O) groups excluding carboxylic acids is 1. The van der Waals surface area contributed by atoms with Crippen molar-refractivity contribution in [3.05, 3.63) is 0 Å². The zero-order chi connectivity index (χ0) is 11.8. The summed E-state index contributed by atoms with van der Waals surface area (Å²) >= 11 is 4.66. The molecule has 1 amide bonds. The van der Waals surface area contributed by atoms with Crippen molar-refractivity contribution in [1.29, 1.82) is 0 Å². The molecule has 0 aromatic rings. The Morgan fingerprint density at radius 2 is 2.00 bits per heavy atom. The topological polar surface area (TPSA) is 58.4 Å². The molecule has 88 valence electrons. The Morgan fingerprint density at radius 1 is 1.47 bits per heavy atom. The molecule has 0 aromatic heterocycles. The molecule has 0 aliphatic carbocycles. The minimum atomic E-state index is -0.0952. The molecule has 0 heterocycles. The van der Waals surface area contributed by atoms with E-state index in [1.54, 1.807) is 0 Å². The molecule has 0 aliphatic rings. The molecule has 4 nitrogen and oxygen atoms in total. The highest BCUT2D eigenvalue weighted by Crippen LogP contribution is 1.92. The molecule has 5 heteroatoms. The lowest BCUT2D eigenvalue weighted by molar-refractivity contribution is -0.120. The van der Waals surface area contributed by atoms with Gasteiger partial charge in [0.05, 0.1) is 11.4 Å². The van der Waals surface area contributed by atoms with Crippen LogP contribution in [0.25, 0.3) is 0 Å². The Labute approximate surface area is 97.2 Å². The van der Waals surface area contributed by atoms with Crippen molar-refractivity contribution in [2.45, 2.75) is 33.2 Å². The fraction of sp³-hybridized carbons (Fsp3) is 0.800. The van der Waals surface area contributed by atoms with Gasteiger partial charge in [-0.25, -0.2) is 0 Å². The van der Waals surface area contributed by atoms with E-state index < -0.39 is 0 Å². The molecular weight excluding hydrogens is 210 g/mol. The van der Waals surface area contributed by atoms with E-state index in [1.165, 1.54) is 0 Å². The molecule has 0 aromatic carbocycles. The molecule has 1 unspecified atom stereocenters. The Balaban J connectivity index is 3.86. The lowest BCUT2D eigenvalue weighted by atomic mass is 10.3. The second kappa shape index (κ2) is 7.59. The van der Waals surface area contributed by atoms with E-state index in [2.05, 4.69) is 36.3 Å². The first-order chi connectivity index (χ1) is 6.99. The molecule has 0 spiro atoms. The maximum Gasteiger partial charge on any atom is 0.227 e. The van der Waals surface area contributed by atoms with Crippen molar-refractivity contribution >= 4 is 23.1 Å². The van der Waals surface area contributed by atoms with Gasteiger partial charge in [0.15, 0.2) is 0 Å². The van der Waals surface area contributed by atoms with E-state index in [0.29, 0.717) is 0 Å². The summed E-state index contributed by atoms with van der Waals surface area (Å²) in [5.74, 6) is -0.0952. The number of nitrogens with one attached hydrogen (secondary N) is 1. The summed E-state index contributed by atoms with van der Waals surface area (Å²) in [6.07, 6.45) is 0.137. The molecule has 0 fully saturated rings. The monoisotopic (exact) mass is 231 g/mol. The van der Waals surface area contributed by atoms with Gasteiger partial charge in [-0.1, -0.05) is 26.1 Å². The van der Waals surface area contributed by atoms with Crippen LogP contribution in [0.2, 0.25) is 0 Å². The van der Waals surface area contributed by atoms with Gasteiger partial charge in [-0.05, 0) is 20.0 Å². The zero-order valence-corrected chi connectivity index (χ0v) is 10.6. The Hall–Kier alpha value is -0.680. The van der Waals surface area contributed by atoms with Crippen LogP contribution in [-0.2, 0) is 4.79 Å². The molecule has 0 saturated heterocycles. The predicted molar refractivity (Wildman–Crippen MR) is 66.8 cm³/mol. The lowest BCUT2D eigenvalue weighted by Gasteiger charge is -2.23. The van der Waals surface area contributed by atoms with Crippen LogP contribution >= 0.6 is 12.2 Å². The number of amides is 1. The third-order valence-corrected chi connectivity index (χ3v) is 2.31. The standard InChI is InChI=1S/C10H21N3OS/c1-4-13(5-2)7-8(3)12-10(14)6-9(11)15/h8H,4-7H2,1-3H3,(H2,11,15)(H,12,14). The van der Waals surface area contributed by atoms with Crippen LogP contribution in [0.1, 0.15) is 27.2 Å². The Kier molecular flexibility index (Phi) is 7.25. The van der Waals surface area contributed by atoms with Crippen LogP contribution in [0.5, 0.6) is 0 Å². The number of likely N-dealkylation sites (N-methyl/N-ethyl adjacent to an activating group) is 1. The minimum absolute atomic E-state index is 0.0952. The number of thiocarbonyl (C=S) groups is 1. The molecule has 1 atom stereocenters. The van der Waals surface area contributed by atoms with Crippen LogP contribution in [0.15, 0.2) is 0 Å². The van der Waals surface area contributed by atoms with E-state index in [0.717, 1.165) is 19.6 Å². The van der Waals surface area contributed by atoms with Gasteiger partial charge in [-0.15, -0.1) is 0 Å². The van der Waals surface area contributed by atoms with E-state index in [4.69, 9.17) is 5.73 Å². The summed E-state index contributed by atoms with van der Waals surface area (Å²) < 4.78 is 0. The smallest absolute Gasteiger partial charge is 0.227 e. The van der Waals surface area contributed by atoms with Crippen LogP contribution < -0.4 is 11.1 Å². The van der Waals surface area contributed by atoms with Gasteiger partial charge < -0.3 is 16.0 Å². The third kappa shape index (κ3) is 7.27. The van der Waals surface area contributed by atoms with Gasteiger partial charge in [0, 0.05) is 12.6 Å². The molecule has 3 N–H and O–H groups in total. The van der Waals surface area contributed by atoms with E-state index in [-0.39, 0.29) is 23.4 Å². The van der Waals surface area contributed by atoms with Crippen LogP contribution in [0.3, 0.4) is 0 Å². The second-order valence-electron chi connectivity index (χ2n) is 3.60. The molecule has 0 radical (unpaired) electrons. The van der Waals surface area contributed by atoms with Crippen molar-refractivity contribution in [3.63, 3.8) is 0 Å². The molecule has 0 aliphatic heterocycles. The fourth-order valence-corrected chi connectivity index (χ4v) is 1.53. The number of hydrogen-bond donors (Lipinski definition) is 2. The quantitative estimate of drug-likeness (QED) is 0.627. The molecular formula is C10H21N3OS. The summed E-state index contributed by atoms with van der Waals surface area (Å²) in [5.41, 5.74) is 5.28. The highest BCUT2D eigenvalue weighted by molar-refractivity contribution is 7.80. The zero-order valence-electron chi connectivity index (χ0n) is 9.75. The minimum Gasteiger partial charge on any atom is -0.393 e. The number of nitrogens with two attached hydrogens (primary N) is 1. The lowest BCUT2D eigenvalue weighted by Crippen LogP contribution is -2.42. The van der Waals surface area contributed by atoms with Crippen molar-refractivity contribution in [2.75, 3.05) is 19.6 Å². The number of nitrogens with zero attached hydrogens (tertiary/aromatic N) is 1. The van der Waals surface area contributed by atoms with Crippen LogP contribution in [0.4, 0.5) is 0 Å². The fourth-order valence-electron chi connectivity index (χ4n) is 1.40. The van der Waals surface area contributed by atoms with Gasteiger partial charge in [-0.2, -0.15) is 0 Å². The number of hydrogen-bond acceptors (Lipinski definition) is 3. The second-order valence-corrected chi connectivity index (χ2v) is 4.12. The van der Waals surface area contributed by atoms with Gasteiger partial charge in [-0.3, -0.25) is 4.79 Å². The molecule has 0 bridgehead atoms. The van der Waals surface area contributed by atoms with E-state index >= 15 is 0 Å². The van der Waals surface area contributed by atoms with Crippen molar-refractivity contribution < 1.29 is 4.79 Å². The highest BCUT2D eigenvalue weighted by Gasteiger charge is 2.10. The third-order valence-electron chi connectivity index (χ3n) is 2.17. The first-order valence-electron chi connectivity index (χ1n) is 5.29. The average Bonchev–Trinajstić information content (AvgIpc) is 2.12. The van der Waals surface area contributed by atoms with Crippen LogP contribution in [0, 0.1) is 0 Å². The summed E-state index contributed by atoms with van der Waals surface area (Å²) in [6, 6.07) is 0.131. The van der Waals surface area contributed by atoms with Crippen molar-refractivity contribution in [2.24, 2.45) is 5.73 Å². The Morgan fingerprint density at radius 3 is 2.40 bits per heavy atom. The molecule has 0 rings (SSSR count). The largest absolute Gasteiger partial charge is 0.393 e. The average molecular weight is 231 g/mol. The van der Waals surface area contributed by atoms with Gasteiger partial charge >= 0.3 is 0 Å². The Bertz CT molecular complexity index is 217. The van der Waals surface area contributed by atoms with E-state index in [1.807, 2.05) is 6.92 Å². The first kappa shape index (κ1) is 14.3. The van der Waals surface area contributed by atoms with Gasteiger partial charge in [0.2, 0.25) is 5.91 Å². The predicted octanol–water partition coefficient (Wildman–Crippen LogP) is 0.509. The maximum absolute atomic E-state index is 11.3. The molecule has 0 saturated carbocycles. The SMILES string of the molecule is CCN(CC)CC(C)NC(=O)CC(N)=S.